The number of aryl methyl sites for hydroxylation is 1. The number of H-pyrrole nitrogens is 1. The van der Waals surface area contributed by atoms with Gasteiger partial charge in [0.25, 0.3) is 5.56 Å². The van der Waals surface area contributed by atoms with Gasteiger partial charge in [-0.25, -0.2) is 4.98 Å². The summed E-state index contributed by atoms with van der Waals surface area (Å²) in [5, 5.41) is 3.17. The highest BCUT2D eigenvalue weighted by atomic mass is 31.2. The molecule has 33 heavy (non-hydrogen) atoms. The molecule has 1 aromatic carbocycles. The number of nitrogens with zero attached hydrogens (tertiary/aromatic N) is 3. The van der Waals surface area contributed by atoms with E-state index >= 15 is 0 Å². The Morgan fingerprint density at radius 2 is 2.09 bits per heavy atom. The van der Waals surface area contributed by atoms with Crippen molar-refractivity contribution in [3.8, 4) is 0 Å². The molecule has 0 spiro atoms. The van der Waals surface area contributed by atoms with Gasteiger partial charge in [0.1, 0.15) is 20.7 Å². The molecule has 11 nitrogen and oxygen atoms in total. The molecule has 2 heterocycles. The van der Waals surface area contributed by atoms with Crippen LogP contribution in [-0.4, -0.2) is 51.1 Å². The Hall–Kier alpha value is -2.85. The highest BCUT2D eigenvalue weighted by Crippen LogP contribution is 2.34. The zero-order valence-corrected chi connectivity index (χ0v) is 19.8. The molecule has 0 amide bonds. The monoisotopic (exact) mass is 476 g/mol. The summed E-state index contributed by atoms with van der Waals surface area (Å²) in [5.74, 6) is -0.317. The van der Waals surface area contributed by atoms with Crippen molar-refractivity contribution in [3.63, 3.8) is 0 Å². The van der Waals surface area contributed by atoms with Gasteiger partial charge in [-0.05, 0) is 26.3 Å². The summed E-state index contributed by atoms with van der Waals surface area (Å²) in [6, 6.07) is 7.52. The molecule has 0 radical (unpaired) electrons. The quantitative estimate of drug-likeness (QED) is 0.203. The van der Waals surface area contributed by atoms with Crippen LogP contribution in [-0.2, 0) is 31.9 Å². The standard InChI is InChI=1S/C21H29N6O5P/c1-4-31-20(29)15(3)26-33(32-11-16-7-5-14(2)6-8-16)13-30-10-9-27-12-23-17-18(27)24-21(22)25-19(17)28/h5-8,12,15,26H,4,9-11,13H2,1-3H3,(H3,22,24,25,28)/t15-,33?/m0/s1. The minimum absolute atomic E-state index is 0.0281. The Kier molecular flexibility index (Phi) is 8.90. The van der Waals surface area contributed by atoms with Crippen LogP contribution in [0.4, 0.5) is 5.95 Å². The van der Waals surface area contributed by atoms with Crippen LogP contribution in [0.25, 0.3) is 11.2 Å². The van der Waals surface area contributed by atoms with Crippen molar-refractivity contribution >= 4 is 31.4 Å². The largest absolute Gasteiger partial charge is 0.465 e. The second-order valence-corrected chi connectivity index (χ2v) is 8.87. The molecule has 0 fully saturated rings. The van der Waals surface area contributed by atoms with E-state index in [9.17, 15) is 9.59 Å². The summed E-state index contributed by atoms with van der Waals surface area (Å²) in [5.41, 5.74) is 8.05. The van der Waals surface area contributed by atoms with E-state index in [4.69, 9.17) is 19.7 Å². The van der Waals surface area contributed by atoms with Crippen LogP contribution in [0, 0.1) is 6.92 Å². The average molecular weight is 476 g/mol. The lowest BCUT2D eigenvalue weighted by Gasteiger charge is -2.22. The van der Waals surface area contributed by atoms with Crippen LogP contribution in [0.1, 0.15) is 25.0 Å². The number of anilines is 1. The van der Waals surface area contributed by atoms with E-state index in [1.807, 2.05) is 31.2 Å². The molecule has 0 aliphatic rings. The summed E-state index contributed by atoms with van der Waals surface area (Å²) in [6.07, 6.45) is 1.78. The van der Waals surface area contributed by atoms with Crippen molar-refractivity contribution in [2.24, 2.45) is 0 Å². The number of hydrogen-bond acceptors (Lipinski definition) is 9. The van der Waals surface area contributed by atoms with Gasteiger partial charge in [0, 0.05) is 6.54 Å². The normalized spacial score (nSPS) is 13.2. The molecule has 12 heteroatoms. The first kappa shape index (κ1) is 24.8. The fraction of sp³-hybridized carbons (Fsp3) is 0.429. The smallest absolute Gasteiger partial charge is 0.323 e. The number of imidazole rings is 1. The van der Waals surface area contributed by atoms with Gasteiger partial charge in [0.2, 0.25) is 5.95 Å². The summed E-state index contributed by atoms with van der Waals surface area (Å²) >= 11 is 0. The van der Waals surface area contributed by atoms with Crippen molar-refractivity contribution in [1.29, 1.82) is 0 Å². The third kappa shape index (κ3) is 7.06. The first-order chi connectivity index (χ1) is 15.9. The molecule has 3 aromatic rings. The van der Waals surface area contributed by atoms with Gasteiger partial charge in [-0.3, -0.25) is 19.7 Å². The Balaban J connectivity index is 1.57. The summed E-state index contributed by atoms with van der Waals surface area (Å²) in [7, 11) is -1.28. The molecule has 0 aliphatic heterocycles. The highest BCUT2D eigenvalue weighted by Gasteiger charge is 2.20. The fourth-order valence-electron chi connectivity index (χ4n) is 2.93. The second-order valence-electron chi connectivity index (χ2n) is 7.34. The average Bonchev–Trinajstić information content (AvgIpc) is 3.19. The van der Waals surface area contributed by atoms with E-state index in [0.717, 1.165) is 5.56 Å². The summed E-state index contributed by atoms with van der Waals surface area (Å²) < 4.78 is 18.6. The number of ether oxygens (including phenoxy) is 2. The molecule has 2 atom stereocenters. The van der Waals surface area contributed by atoms with E-state index in [-0.39, 0.29) is 29.3 Å². The lowest BCUT2D eigenvalue weighted by molar-refractivity contribution is -0.144. The lowest BCUT2D eigenvalue weighted by Crippen LogP contribution is -2.33. The molecule has 178 valence electrons. The van der Waals surface area contributed by atoms with Crippen molar-refractivity contribution < 1.29 is 18.8 Å². The molecule has 4 N–H and O–H groups in total. The fourth-order valence-corrected chi connectivity index (χ4v) is 4.29. The predicted octanol–water partition coefficient (Wildman–Crippen LogP) is 2.05. The number of nitrogens with two attached hydrogens (primary N) is 1. The topological polar surface area (TPSA) is 146 Å². The number of benzene rings is 1. The van der Waals surface area contributed by atoms with Gasteiger partial charge in [-0.1, -0.05) is 29.8 Å². The number of fused-ring (bicyclic) bond motifs is 1. The second kappa shape index (κ2) is 11.9. The van der Waals surface area contributed by atoms with Crippen molar-refractivity contribution in [1.82, 2.24) is 24.6 Å². The molecule has 0 saturated carbocycles. The van der Waals surface area contributed by atoms with Gasteiger partial charge in [-0.15, -0.1) is 0 Å². The summed E-state index contributed by atoms with van der Waals surface area (Å²) in [6.45, 7) is 6.95. The molecule has 1 unspecified atom stereocenters. The zero-order chi connectivity index (χ0) is 23.8. The van der Waals surface area contributed by atoms with E-state index in [1.54, 1.807) is 18.4 Å². The van der Waals surface area contributed by atoms with Gasteiger partial charge >= 0.3 is 5.97 Å². The zero-order valence-electron chi connectivity index (χ0n) is 18.9. The van der Waals surface area contributed by atoms with Gasteiger partial charge in [-0.2, -0.15) is 4.98 Å². The number of carbonyl (C=O) groups is 1. The number of rotatable bonds is 12. The van der Waals surface area contributed by atoms with Crippen molar-refractivity contribution in [2.45, 2.75) is 40.0 Å². The SMILES string of the molecule is CCOC(=O)[C@H](C)NP(COCCn1cnc2c(=O)[nH]c(N)nc21)OCc1ccc(C)cc1. The van der Waals surface area contributed by atoms with Crippen molar-refractivity contribution in [2.75, 3.05) is 25.3 Å². The lowest BCUT2D eigenvalue weighted by atomic mass is 10.2. The molecular formula is C21H29N6O5P. The maximum Gasteiger partial charge on any atom is 0.323 e. The maximum absolute atomic E-state index is 12.0. The minimum atomic E-state index is -1.28. The molecular weight excluding hydrogens is 447 g/mol. The number of nitrogens with one attached hydrogen (secondary N) is 2. The number of aromatic nitrogens is 4. The number of nitrogen functional groups attached to an aromatic ring is 1. The number of carbonyl (C=O) groups excluding carboxylic acids is 1. The van der Waals surface area contributed by atoms with Crippen molar-refractivity contribution in [3.05, 3.63) is 52.1 Å². The highest BCUT2D eigenvalue weighted by molar-refractivity contribution is 7.50. The van der Waals surface area contributed by atoms with Crippen LogP contribution in [0.3, 0.4) is 0 Å². The Bertz CT molecular complexity index is 1120. The maximum atomic E-state index is 12.0. The van der Waals surface area contributed by atoms with Gasteiger partial charge in [0.15, 0.2) is 11.2 Å². The molecule has 0 saturated heterocycles. The van der Waals surface area contributed by atoms with E-state index < -0.39 is 14.3 Å². The van der Waals surface area contributed by atoms with Crippen LogP contribution in [0.5, 0.6) is 0 Å². The Morgan fingerprint density at radius 3 is 2.82 bits per heavy atom. The molecule has 3 rings (SSSR count). The van der Waals surface area contributed by atoms with Crippen LogP contribution in [0.2, 0.25) is 0 Å². The number of esters is 1. The van der Waals surface area contributed by atoms with Crippen LogP contribution in [0.15, 0.2) is 35.4 Å². The molecule has 2 aromatic heterocycles. The van der Waals surface area contributed by atoms with Gasteiger partial charge < -0.3 is 24.3 Å². The van der Waals surface area contributed by atoms with Crippen LogP contribution < -0.4 is 16.4 Å². The number of hydrogen-bond donors (Lipinski definition) is 3. The number of aromatic amines is 1. The van der Waals surface area contributed by atoms with E-state index in [1.165, 1.54) is 11.9 Å². The van der Waals surface area contributed by atoms with Gasteiger partial charge in [0.05, 0.1) is 26.1 Å². The third-order valence-corrected chi connectivity index (χ3v) is 6.20. The van der Waals surface area contributed by atoms with E-state index in [0.29, 0.717) is 32.0 Å². The Morgan fingerprint density at radius 1 is 1.33 bits per heavy atom. The predicted molar refractivity (Wildman–Crippen MR) is 125 cm³/mol. The molecule has 0 aliphatic carbocycles. The minimum Gasteiger partial charge on any atom is -0.465 e. The Labute approximate surface area is 192 Å². The van der Waals surface area contributed by atoms with E-state index in [2.05, 4.69) is 20.0 Å². The summed E-state index contributed by atoms with van der Waals surface area (Å²) in [4.78, 5) is 34.6. The van der Waals surface area contributed by atoms with Crippen LogP contribution >= 0.6 is 8.30 Å². The first-order valence-electron chi connectivity index (χ1n) is 10.5. The first-order valence-corrected chi connectivity index (χ1v) is 12.0. The molecule has 0 bridgehead atoms. The third-order valence-electron chi connectivity index (χ3n) is 4.66.